The van der Waals surface area contributed by atoms with E-state index >= 15 is 0 Å². The lowest BCUT2D eigenvalue weighted by atomic mass is 10.0. The fraction of sp³-hybridized carbons (Fsp3) is 0.893. The fourth-order valence-electron chi connectivity index (χ4n) is 3.68. The van der Waals surface area contributed by atoms with Crippen LogP contribution in [0.5, 0.6) is 0 Å². The molecule has 0 aromatic rings. The zero-order valence-electron chi connectivity index (χ0n) is 23.2. The molecule has 0 heterocycles. The van der Waals surface area contributed by atoms with Crippen LogP contribution in [0.4, 0.5) is 0 Å². The Hall–Kier alpha value is -0.950. The highest BCUT2D eigenvalue weighted by Gasteiger charge is 2.15. The predicted octanol–water partition coefficient (Wildman–Crippen LogP) is 5.79. The van der Waals surface area contributed by atoms with Crippen LogP contribution in [0.2, 0.25) is 0 Å². The largest absolute Gasteiger partial charge is 0.462 e. The molecular weight excluding hydrogens is 430 g/mol. The molecule has 6 heteroatoms. The number of hydrogen-bond donors (Lipinski definition) is 0. The summed E-state index contributed by atoms with van der Waals surface area (Å²) in [6, 6.07) is 0. The summed E-state index contributed by atoms with van der Waals surface area (Å²) >= 11 is 0. The monoisotopic (exact) mass is 486 g/mol. The van der Waals surface area contributed by atoms with Crippen LogP contribution >= 0.6 is 0 Å². The van der Waals surface area contributed by atoms with Gasteiger partial charge in [0, 0.05) is 25.2 Å². The van der Waals surface area contributed by atoms with Crippen molar-refractivity contribution in [3.63, 3.8) is 0 Å². The molecule has 0 rings (SSSR count). The number of unbranched alkanes of at least 4 members (excludes halogenated alkanes) is 3. The average Bonchev–Trinajstić information content (AvgIpc) is 2.82. The van der Waals surface area contributed by atoms with E-state index in [0.29, 0.717) is 57.6 Å². The van der Waals surface area contributed by atoms with Crippen molar-refractivity contribution in [2.24, 2.45) is 5.92 Å². The van der Waals surface area contributed by atoms with Gasteiger partial charge in [-0.1, -0.05) is 53.0 Å². The van der Waals surface area contributed by atoms with E-state index in [2.05, 4.69) is 41.4 Å². The summed E-state index contributed by atoms with van der Waals surface area (Å²) in [5.74, 6) is 0.415. The molecular formula is C28H56NO5+. The second-order valence-electron chi connectivity index (χ2n) is 10.0. The number of rotatable bonds is 25. The van der Waals surface area contributed by atoms with Crippen molar-refractivity contribution in [3.8, 4) is 0 Å². The van der Waals surface area contributed by atoms with Crippen LogP contribution in [0.25, 0.3) is 0 Å². The van der Waals surface area contributed by atoms with E-state index in [1.807, 2.05) is 0 Å². The third kappa shape index (κ3) is 20.4. The van der Waals surface area contributed by atoms with Crippen molar-refractivity contribution in [2.45, 2.75) is 85.0 Å². The molecule has 0 aliphatic rings. The highest BCUT2D eigenvalue weighted by atomic mass is 16.5. The van der Waals surface area contributed by atoms with Gasteiger partial charge in [-0.25, -0.2) is 4.79 Å². The maximum absolute atomic E-state index is 12.1. The molecule has 0 fully saturated rings. The molecule has 0 amide bonds. The van der Waals surface area contributed by atoms with E-state index in [4.69, 9.17) is 18.9 Å². The molecule has 34 heavy (non-hydrogen) atoms. The number of nitrogens with zero attached hydrogens (tertiary/aromatic N) is 1. The normalized spacial score (nSPS) is 12.6. The summed E-state index contributed by atoms with van der Waals surface area (Å²) < 4.78 is 23.2. The standard InChI is InChI=1S/C28H56NO5/c1-7-10-16-27(9-3)25-33-24-23-32-22-21-31-19-12-13-20-34-28(30)26(4)15-14-18-29(5,6)17-11-8-2/h27H,4,7-25H2,1-3,5-6H3/q+1. The quantitative estimate of drug-likeness (QED) is 0.0708. The van der Waals surface area contributed by atoms with E-state index in [1.165, 1.54) is 45.1 Å². The molecule has 0 aromatic carbocycles. The number of esters is 1. The van der Waals surface area contributed by atoms with Crippen LogP contribution in [-0.4, -0.2) is 83.9 Å². The van der Waals surface area contributed by atoms with Gasteiger partial charge in [-0.2, -0.15) is 0 Å². The van der Waals surface area contributed by atoms with Gasteiger partial charge in [-0.15, -0.1) is 0 Å². The summed E-state index contributed by atoms with van der Waals surface area (Å²) in [5.41, 5.74) is 0.582. The van der Waals surface area contributed by atoms with Gasteiger partial charge in [-0.3, -0.25) is 0 Å². The van der Waals surface area contributed by atoms with Crippen molar-refractivity contribution in [1.29, 1.82) is 0 Å². The van der Waals surface area contributed by atoms with E-state index in [0.717, 1.165) is 36.9 Å². The number of ether oxygens (including phenoxy) is 4. The Morgan fingerprint density at radius 2 is 1.35 bits per heavy atom. The average molecular weight is 487 g/mol. The van der Waals surface area contributed by atoms with Crippen LogP contribution in [-0.2, 0) is 23.7 Å². The SMILES string of the molecule is C=C(CCC[N+](C)(C)CCCC)C(=O)OCCCCOCCOCCOCC(CC)CCCC. The molecule has 1 unspecified atom stereocenters. The van der Waals surface area contributed by atoms with Crippen LogP contribution in [0.15, 0.2) is 12.2 Å². The first-order chi connectivity index (χ1) is 16.4. The van der Waals surface area contributed by atoms with E-state index < -0.39 is 0 Å². The van der Waals surface area contributed by atoms with Crippen molar-refractivity contribution in [3.05, 3.63) is 12.2 Å². The van der Waals surface area contributed by atoms with Crippen molar-refractivity contribution in [2.75, 3.05) is 73.4 Å². The summed E-state index contributed by atoms with van der Waals surface area (Å²) in [4.78, 5) is 12.1. The lowest BCUT2D eigenvalue weighted by molar-refractivity contribution is -0.890. The first-order valence-electron chi connectivity index (χ1n) is 13.8. The van der Waals surface area contributed by atoms with Gasteiger partial charge < -0.3 is 23.4 Å². The number of quaternary nitrogens is 1. The highest BCUT2D eigenvalue weighted by molar-refractivity contribution is 5.87. The Bertz CT molecular complexity index is 495. The minimum absolute atomic E-state index is 0.258. The number of carbonyl (C=O) groups excluding carboxylic acids is 1. The summed E-state index contributed by atoms with van der Waals surface area (Å²) in [6.07, 6.45) is 10.8. The van der Waals surface area contributed by atoms with Gasteiger partial charge in [0.25, 0.3) is 0 Å². The molecule has 0 N–H and O–H groups in total. The van der Waals surface area contributed by atoms with E-state index in [9.17, 15) is 4.79 Å². The molecule has 0 bridgehead atoms. The van der Waals surface area contributed by atoms with Crippen LogP contribution in [0.3, 0.4) is 0 Å². The maximum atomic E-state index is 12.1. The van der Waals surface area contributed by atoms with Crippen molar-refractivity contribution < 1.29 is 28.2 Å². The van der Waals surface area contributed by atoms with Gasteiger partial charge >= 0.3 is 5.97 Å². The molecule has 0 spiro atoms. The van der Waals surface area contributed by atoms with Crippen molar-refractivity contribution in [1.82, 2.24) is 0 Å². The second kappa shape index (κ2) is 22.5. The lowest BCUT2D eigenvalue weighted by Gasteiger charge is -2.29. The number of carbonyl (C=O) groups is 1. The predicted molar refractivity (Wildman–Crippen MR) is 141 cm³/mol. The van der Waals surface area contributed by atoms with Gasteiger partial charge in [0.2, 0.25) is 0 Å². The third-order valence-corrected chi connectivity index (χ3v) is 6.20. The summed E-state index contributed by atoms with van der Waals surface area (Å²) in [7, 11) is 4.49. The lowest BCUT2D eigenvalue weighted by Crippen LogP contribution is -2.41. The fourth-order valence-corrected chi connectivity index (χ4v) is 3.68. The Kier molecular flexibility index (Phi) is 21.9. The molecule has 0 saturated carbocycles. The zero-order valence-corrected chi connectivity index (χ0v) is 23.2. The van der Waals surface area contributed by atoms with Gasteiger partial charge in [-0.05, 0) is 38.0 Å². The van der Waals surface area contributed by atoms with Gasteiger partial charge in [0.05, 0.1) is 60.2 Å². The smallest absolute Gasteiger partial charge is 0.333 e. The molecule has 0 aliphatic carbocycles. The van der Waals surface area contributed by atoms with Gasteiger partial charge in [0.1, 0.15) is 0 Å². The maximum Gasteiger partial charge on any atom is 0.333 e. The van der Waals surface area contributed by atoms with E-state index in [1.54, 1.807) is 0 Å². The van der Waals surface area contributed by atoms with Crippen LogP contribution < -0.4 is 0 Å². The molecule has 0 aliphatic heterocycles. The third-order valence-electron chi connectivity index (χ3n) is 6.20. The van der Waals surface area contributed by atoms with Gasteiger partial charge in [0.15, 0.2) is 0 Å². The van der Waals surface area contributed by atoms with Crippen LogP contribution in [0.1, 0.15) is 85.0 Å². The molecule has 0 aromatic heterocycles. The molecule has 202 valence electrons. The molecule has 1 atom stereocenters. The number of hydrogen-bond acceptors (Lipinski definition) is 5. The first-order valence-corrected chi connectivity index (χ1v) is 13.8. The van der Waals surface area contributed by atoms with Crippen molar-refractivity contribution >= 4 is 5.97 Å². The first kappa shape index (κ1) is 33.0. The minimum atomic E-state index is -0.258. The Morgan fingerprint density at radius 3 is 2.00 bits per heavy atom. The highest BCUT2D eigenvalue weighted by Crippen LogP contribution is 2.13. The zero-order chi connectivity index (χ0) is 25.5. The van der Waals surface area contributed by atoms with E-state index in [-0.39, 0.29) is 5.97 Å². The molecule has 0 saturated heterocycles. The van der Waals surface area contributed by atoms with Crippen LogP contribution in [0, 0.1) is 5.92 Å². The Labute approximate surface area is 210 Å². The molecule has 0 radical (unpaired) electrons. The molecule has 6 nitrogen and oxygen atoms in total. The Morgan fingerprint density at radius 1 is 0.765 bits per heavy atom. The summed E-state index contributed by atoms with van der Waals surface area (Å²) in [5, 5.41) is 0. The summed E-state index contributed by atoms with van der Waals surface area (Å²) in [6.45, 7) is 17.2. The second-order valence-corrected chi connectivity index (χ2v) is 10.0. The Balaban J connectivity index is 3.50. The topological polar surface area (TPSA) is 54.0 Å². The minimum Gasteiger partial charge on any atom is -0.462 e.